The van der Waals surface area contributed by atoms with Crippen molar-refractivity contribution in [2.75, 3.05) is 20.6 Å². The standard InChI is InChI=1S/C15H19NO2.ClH/c1-16(2)10-13-6-5-12(15(13)18)9-11-3-7-14(17)8-4-11;/h3-4,7-9,13,17H,5-6,10H2,1-2H3;1H. The molecule has 0 spiro atoms. The summed E-state index contributed by atoms with van der Waals surface area (Å²) in [4.78, 5) is 14.2. The molecule has 1 saturated carbocycles. The molecule has 0 heterocycles. The zero-order valence-corrected chi connectivity index (χ0v) is 12.1. The van der Waals surface area contributed by atoms with Crippen molar-refractivity contribution in [3.05, 3.63) is 35.4 Å². The fourth-order valence-electron chi connectivity index (χ4n) is 2.38. The summed E-state index contributed by atoms with van der Waals surface area (Å²) in [5.41, 5.74) is 1.88. The van der Waals surface area contributed by atoms with E-state index in [1.807, 2.05) is 32.3 Å². The molecule has 0 radical (unpaired) electrons. The molecule has 0 aliphatic heterocycles. The number of benzene rings is 1. The number of phenols is 1. The predicted octanol–water partition coefficient (Wildman–Crippen LogP) is 2.74. The van der Waals surface area contributed by atoms with Gasteiger partial charge in [-0.25, -0.2) is 0 Å². The van der Waals surface area contributed by atoms with E-state index in [0.717, 1.165) is 30.5 Å². The highest BCUT2D eigenvalue weighted by Gasteiger charge is 2.29. The second kappa shape index (κ2) is 6.73. The van der Waals surface area contributed by atoms with Crippen LogP contribution in [0.2, 0.25) is 0 Å². The Morgan fingerprint density at radius 1 is 1.32 bits per heavy atom. The topological polar surface area (TPSA) is 40.5 Å². The van der Waals surface area contributed by atoms with Gasteiger partial charge in [0.1, 0.15) is 5.75 Å². The number of carbonyl (C=O) groups excluding carboxylic acids is 1. The van der Waals surface area contributed by atoms with Crippen LogP contribution in [0.4, 0.5) is 0 Å². The molecular weight excluding hydrogens is 262 g/mol. The van der Waals surface area contributed by atoms with Crippen molar-refractivity contribution in [2.24, 2.45) is 5.92 Å². The van der Waals surface area contributed by atoms with Gasteiger partial charge in [-0.1, -0.05) is 12.1 Å². The van der Waals surface area contributed by atoms with Crippen LogP contribution in [-0.2, 0) is 4.79 Å². The van der Waals surface area contributed by atoms with Crippen LogP contribution in [0, 0.1) is 5.92 Å². The van der Waals surface area contributed by atoms with Crippen LogP contribution in [0.5, 0.6) is 5.75 Å². The quantitative estimate of drug-likeness (QED) is 0.866. The molecule has 0 saturated heterocycles. The number of hydrogen-bond acceptors (Lipinski definition) is 3. The van der Waals surface area contributed by atoms with Gasteiger partial charge in [0.15, 0.2) is 5.78 Å². The van der Waals surface area contributed by atoms with Crippen LogP contribution in [0.25, 0.3) is 6.08 Å². The van der Waals surface area contributed by atoms with E-state index < -0.39 is 0 Å². The Morgan fingerprint density at radius 2 is 1.95 bits per heavy atom. The maximum Gasteiger partial charge on any atom is 0.163 e. The highest BCUT2D eigenvalue weighted by molar-refractivity contribution is 6.03. The summed E-state index contributed by atoms with van der Waals surface area (Å²) >= 11 is 0. The number of allylic oxidation sites excluding steroid dienone is 1. The first kappa shape index (κ1) is 15.7. The Labute approximate surface area is 120 Å². The Morgan fingerprint density at radius 3 is 2.53 bits per heavy atom. The molecular formula is C15H20ClNO2. The van der Waals surface area contributed by atoms with Gasteiger partial charge in [-0.3, -0.25) is 4.79 Å². The molecule has 1 unspecified atom stereocenters. The molecule has 1 aromatic rings. The third kappa shape index (κ3) is 4.08. The lowest BCUT2D eigenvalue weighted by molar-refractivity contribution is -0.118. The smallest absolute Gasteiger partial charge is 0.163 e. The molecule has 1 aliphatic rings. The normalized spacial score (nSPS) is 20.9. The summed E-state index contributed by atoms with van der Waals surface area (Å²) in [6, 6.07) is 6.94. The minimum atomic E-state index is 0. The van der Waals surface area contributed by atoms with E-state index in [-0.39, 0.29) is 29.9 Å². The van der Waals surface area contributed by atoms with E-state index in [1.54, 1.807) is 12.1 Å². The molecule has 0 amide bonds. The maximum absolute atomic E-state index is 12.2. The second-order valence-electron chi connectivity index (χ2n) is 5.12. The number of halogens is 1. The first-order chi connectivity index (χ1) is 8.56. The second-order valence-corrected chi connectivity index (χ2v) is 5.12. The molecule has 1 fully saturated rings. The van der Waals surface area contributed by atoms with Gasteiger partial charge in [-0.05, 0) is 56.3 Å². The van der Waals surface area contributed by atoms with Gasteiger partial charge >= 0.3 is 0 Å². The van der Waals surface area contributed by atoms with Crippen molar-refractivity contribution in [1.82, 2.24) is 4.90 Å². The number of ketones is 1. The molecule has 3 nitrogen and oxygen atoms in total. The van der Waals surface area contributed by atoms with Gasteiger partial charge in [-0.2, -0.15) is 0 Å². The molecule has 104 valence electrons. The van der Waals surface area contributed by atoms with E-state index in [1.165, 1.54) is 0 Å². The highest BCUT2D eigenvalue weighted by atomic mass is 35.5. The van der Waals surface area contributed by atoms with Crippen LogP contribution in [-0.4, -0.2) is 36.4 Å². The van der Waals surface area contributed by atoms with Crippen molar-refractivity contribution in [1.29, 1.82) is 0 Å². The number of nitrogens with zero attached hydrogens (tertiary/aromatic N) is 1. The summed E-state index contributed by atoms with van der Waals surface area (Å²) in [5.74, 6) is 0.667. The fraction of sp³-hybridized carbons (Fsp3) is 0.400. The van der Waals surface area contributed by atoms with Crippen molar-refractivity contribution in [2.45, 2.75) is 12.8 Å². The number of aromatic hydroxyl groups is 1. The monoisotopic (exact) mass is 281 g/mol. The van der Waals surface area contributed by atoms with E-state index in [9.17, 15) is 9.90 Å². The largest absolute Gasteiger partial charge is 0.508 e. The number of phenolic OH excluding ortho intramolecular Hbond substituents is 1. The third-order valence-corrected chi connectivity index (χ3v) is 3.27. The van der Waals surface area contributed by atoms with E-state index in [0.29, 0.717) is 0 Å². The fourth-order valence-corrected chi connectivity index (χ4v) is 2.38. The van der Waals surface area contributed by atoms with Gasteiger partial charge in [0.05, 0.1) is 0 Å². The van der Waals surface area contributed by atoms with Gasteiger partial charge in [-0.15, -0.1) is 12.4 Å². The minimum Gasteiger partial charge on any atom is -0.508 e. The van der Waals surface area contributed by atoms with Crippen molar-refractivity contribution >= 4 is 24.3 Å². The van der Waals surface area contributed by atoms with Gasteiger partial charge < -0.3 is 10.0 Å². The first-order valence-corrected chi connectivity index (χ1v) is 6.25. The van der Waals surface area contributed by atoms with Gasteiger partial charge in [0.2, 0.25) is 0 Å². The molecule has 19 heavy (non-hydrogen) atoms. The van der Waals surface area contributed by atoms with Crippen LogP contribution in [0.15, 0.2) is 29.8 Å². The lowest BCUT2D eigenvalue weighted by atomic mass is 10.0. The zero-order valence-electron chi connectivity index (χ0n) is 11.3. The summed E-state index contributed by atoms with van der Waals surface area (Å²) in [7, 11) is 3.99. The van der Waals surface area contributed by atoms with Crippen LogP contribution >= 0.6 is 12.4 Å². The SMILES string of the molecule is CN(C)CC1CCC(=Cc2ccc(O)cc2)C1=O.Cl. The average Bonchev–Trinajstić information content (AvgIpc) is 2.64. The van der Waals surface area contributed by atoms with Gasteiger partial charge in [0, 0.05) is 12.5 Å². The first-order valence-electron chi connectivity index (χ1n) is 6.25. The van der Waals surface area contributed by atoms with Crippen molar-refractivity contribution < 1.29 is 9.90 Å². The van der Waals surface area contributed by atoms with Crippen LogP contribution < -0.4 is 0 Å². The van der Waals surface area contributed by atoms with Crippen LogP contribution in [0.1, 0.15) is 18.4 Å². The van der Waals surface area contributed by atoms with Crippen molar-refractivity contribution in [3.63, 3.8) is 0 Å². The van der Waals surface area contributed by atoms with Crippen molar-refractivity contribution in [3.8, 4) is 5.75 Å². The maximum atomic E-state index is 12.2. The Bertz CT molecular complexity index is 466. The molecule has 0 bridgehead atoms. The number of rotatable bonds is 3. The Kier molecular flexibility index (Phi) is 5.58. The average molecular weight is 282 g/mol. The third-order valence-electron chi connectivity index (χ3n) is 3.27. The summed E-state index contributed by atoms with van der Waals surface area (Å²) < 4.78 is 0. The Hall–Kier alpha value is -1.32. The summed E-state index contributed by atoms with van der Waals surface area (Å²) in [6.07, 6.45) is 3.75. The molecule has 4 heteroatoms. The number of Topliss-reactive ketones (excluding diaryl/α,β-unsaturated/α-hetero) is 1. The molecule has 2 rings (SSSR count). The molecule has 0 aromatic heterocycles. The lowest BCUT2D eigenvalue weighted by Gasteiger charge is -2.13. The number of carbonyl (C=O) groups is 1. The predicted molar refractivity (Wildman–Crippen MR) is 79.6 cm³/mol. The molecule has 1 aromatic carbocycles. The molecule has 1 N–H and O–H groups in total. The molecule has 1 atom stereocenters. The summed E-state index contributed by atoms with van der Waals surface area (Å²) in [5, 5.41) is 9.22. The van der Waals surface area contributed by atoms with Crippen LogP contribution in [0.3, 0.4) is 0 Å². The van der Waals surface area contributed by atoms with E-state index in [2.05, 4.69) is 4.90 Å². The zero-order chi connectivity index (χ0) is 13.1. The van der Waals surface area contributed by atoms with Gasteiger partial charge in [0.25, 0.3) is 0 Å². The molecule has 1 aliphatic carbocycles. The lowest BCUT2D eigenvalue weighted by Crippen LogP contribution is -2.24. The minimum absolute atomic E-state index is 0. The number of hydrogen-bond donors (Lipinski definition) is 1. The highest BCUT2D eigenvalue weighted by Crippen LogP contribution is 2.29. The van der Waals surface area contributed by atoms with E-state index in [4.69, 9.17) is 0 Å². The summed E-state index contributed by atoms with van der Waals surface area (Å²) in [6.45, 7) is 0.825. The van der Waals surface area contributed by atoms with E-state index >= 15 is 0 Å². The Balaban J connectivity index is 0.00000180.